The van der Waals surface area contributed by atoms with E-state index in [1.165, 1.54) is 11.8 Å². The summed E-state index contributed by atoms with van der Waals surface area (Å²) in [6.45, 7) is 1.84. The first-order chi connectivity index (χ1) is 10.1. The van der Waals surface area contributed by atoms with Gasteiger partial charge in [-0.2, -0.15) is 0 Å². The molecule has 1 aromatic carbocycles. The fourth-order valence-electron chi connectivity index (χ4n) is 1.69. The standard InChI is InChI=1S/C14H15N3O3S/c1-9-15-14(17-16-9)21-8-11-7-12(20-2)5-3-10(11)4-6-13(18)19/h3-7H,8H2,1-2H3,(H,18,19)(H,15,16,17). The molecule has 6 nitrogen and oxygen atoms in total. The summed E-state index contributed by atoms with van der Waals surface area (Å²) >= 11 is 1.47. The Kier molecular flexibility index (Phi) is 4.99. The first-order valence-electron chi connectivity index (χ1n) is 6.18. The van der Waals surface area contributed by atoms with Crippen molar-refractivity contribution in [1.29, 1.82) is 0 Å². The van der Waals surface area contributed by atoms with Crippen LogP contribution in [0.2, 0.25) is 0 Å². The number of benzene rings is 1. The Morgan fingerprint density at radius 1 is 1.52 bits per heavy atom. The Labute approximate surface area is 126 Å². The lowest BCUT2D eigenvalue weighted by Gasteiger charge is -2.07. The van der Waals surface area contributed by atoms with Gasteiger partial charge in [0.1, 0.15) is 11.6 Å². The third-order valence-electron chi connectivity index (χ3n) is 2.69. The summed E-state index contributed by atoms with van der Waals surface area (Å²) in [5.41, 5.74) is 1.79. The minimum Gasteiger partial charge on any atom is -0.497 e. The van der Waals surface area contributed by atoms with Gasteiger partial charge in [-0.1, -0.05) is 17.8 Å². The second-order valence-corrected chi connectivity index (χ2v) is 5.17. The molecule has 110 valence electrons. The minimum absolute atomic E-state index is 0.619. The highest BCUT2D eigenvalue weighted by Gasteiger charge is 2.06. The van der Waals surface area contributed by atoms with Crippen LogP contribution in [-0.4, -0.2) is 33.4 Å². The number of carboxylic acid groups (broad SMARTS) is 1. The van der Waals surface area contributed by atoms with Crippen LogP contribution < -0.4 is 4.74 Å². The molecule has 0 aliphatic carbocycles. The lowest BCUT2D eigenvalue weighted by Crippen LogP contribution is -1.92. The number of carbonyl (C=O) groups is 1. The van der Waals surface area contributed by atoms with Crippen LogP contribution >= 0.6 is 11.8 Å². The molecular weight excluding hydrogens is 290 g/mol. The molecule has 0 aliphatic rings. The van der Waals surface area contributed by atoms with E-state index in [2.05, 4.69) is 15.2 Å². The zero-order valence-electron chi connectivity index (χ0n) is 11.7. The molecule has 21 heavy (non-hydrogen) atoms. The second kappa shape index (κ2) is 6.94. The second-order valence-electron chi connectivity index (χ2n) is 4.23. The topological polar surface area (TPSA) is 88.1 Å². The van der Waals surface area contributed by atoms with Gasteiger partial charge < -0.3 is 9.84 Å². The van der Waals surface area contributed by atoms with E-state index in [1.807, 2.05) is 19.1 Å². The SMILES string of the molecule is COc1ccc(C=CC(=O)O)c(CSc2n[nH]c(C)n2)c1. The van der Waals surface area contributed by atoms with Crippen LogP contribution in [-0.2, 0) is 10.5 Å². The van der Waals surface area contributed by atoms with Crippen molar-refractivity contribution in [3.63, 3.8) is 0 Å². The van der Waals surface area contributed by atoms with E-state index in [4.69, 9.17) is 9.84 Å². The van der Waals surface area contributed by atoms with E-state index in [9.17, 15) is 4.79 Å². The number of aryl methyl sites for hydroxylation is 1. The van der Waals surface area contributed by atoms with Crippen LogP contribution in [0.3, 0.4) is 0 Å². The van der Waals surface area contributed by atoms with Crippen LogP contribution in [0.25, 0.3) is 6.08 Å². The molecule has 0 radical (unpaired) electrons. The summed E-state index contributed by atoms with van der Waals surface area (Å²) in [6.07, 6.45) is 2.69. The average molecular weight is 305 g/mol. The number of hydrogen-bond acceptors (Lipinski definition) is 5. The number of methoxy groups -OCH3 is 1. The number of thioether (sulfide) groups is 1. The van der Waals surface area contributed by atoms with Gasteiger partial charge in [-0.3, -0.25) is 5.10 Å². The van der Waals surface area contributed by atoms with Gasteiger partial charge >= 0.3 is 5.97 Å². The normalized spacial score (nSPS) is 11.0. The third-order valence-corrected chi connectivity index (χ3v) is 3.59. The number of hydrogen-bond donors (Lipinski definition) is 2. The molecule has 2 rings (SSSR count). The number of nitrogens with zero attached hydrogens (tertiary/aromatic N) is 2. The number of aromatic amines is 1. The highest BCUT2D eigenvalue weighted by Crippen LogP contribution is 2.26. The quantitative estimate of drug-likeness (QED) is 0.630. The largest absolute Gasteiger partial charge is 0.497 e. The van der Waals surface area contributed by atoms with Crippen molar-refractivity contribution >= 4 is 23.8 Å². The van der Waals surface area contributed by atoms with Gasteiger partial charge in [0.15, 0.2) is 0 Å². The van der Waals surface area contributed by atoms with Crippen molar-refractivity contribution in [2.75, 3.05) is 7.11 Å². The van der Waals surface area contributed by atoms with Gasteiger partial charge in [0.05, 0.1) is 7.11 Å². The molecule has 0 bridgehead atoms. The Morgan fingerprint density at radius 3 is 2.95 bits per heavy atom. The summed E-state index contributed by atoms with van der Waals surface area (Å²) in [5.74, 6) is 1.13. The minimum atomic E-state index is -0.978. The van der Waals surface area contributed by atoms with Crippen molar-refractivity contribution in [3.8, 4) is 5.75 Å². The number of aromatic nitrogens is 3. The summed E-state index contributed by atoms with van der Waals surface area (Å²) in [4.78, 5) is 14.9. The van der Waals surface area contributed by atoms with Gasteiger partial charge in [0.2, 0.25) is 5.16 Å². The van der Waals surface area contributed by atoms with Gasteiger partial charge in [0, 0.05) is 11.8 Å². The zero-order chi connectivity index (χ0) is 15.2. The molecule has 7 heteroatoms. The molecule has 2 N–H and O–H groups in total. The molecule has 1 aromatic heterocycles. The summed E-state index contributed by atoms with van der Waals surface area (Å²) in [5, 5.41) is 16.2. The molecule has 1 heterocycles. The Bertz CT molecular complexity index is 667. The molecule has 0 saturated heterocycles. The molecular formula is C14H15N3O3S. The van der Waals surface area contributed by atoms with Crippen LogP contribution in [0, 0.1) is 6.92 Å². The maximum Gasteiger partial charge on any atom is 0.328 e. The lowest BCUT2D eigenvalue weighted by atomic mass is 10.1. The number of H-pyrrole nitrogens is 1. The predicted molar refractivity (Wildman–Crippen MR) is 80.3 cm³/mol. The molecule has 0 unspecified atom stereocenters. The first kappa shape index (κ1) is 15.1. The van der Waals surface area contributed by atoms with Gasteiger partial charge in [-0.05, 0) is 36.3 Å². The van der Waals surface area contributed by atoms with Crippen LogP contribution in [0.15, 0.2) is 29.4 Å². The molecule has 0 amide bonds. The number of aliphatic carboxylic acids is 1. The van der Waals surface area contributed by atoms with Gasteiger partial charge in [-0.25, -0.2) is 9.78 Å². The van der Waals surface area contributed by atoms with E-state index >= 15 is 0 Å². The maximum absolute atomic E-state index is 10.6. The molecule has 2 aromatic rings. The van der Waals surface area contributed by atoms with Crippen molar-refractivity contribution in [1.82, 2.24) is 15.2 Å². The smallest absolute Gasteiger partial charge is 0.328 e. The molecule has 0 atom stereocenters. The maximum atomic E-state index is 10.6. The number of ether oxygens (including phenoxy) is 1. The molecule has 0 fully saturated rings. The van der Waals surface area contributed by atoms with Crippen LogP contribution in [0.5, 0.6) is 5.75 Å². The summed E-state index contributed by atoms with van der Waals surface area (Å²) < 4.78 is 5.20. The number of rotatable bonds is 6. The van der Waals surface area contributed by atoms with Gasteiger partial charge in [-0.15, -0.1) is 5.10 Å². The Hall–Kier alpha value is -2.28. The third kappa shape index (κ3) is 4.35. The van der Waals surface area contributed by atoms with E-state index in [0.717, 1.165) is 28.8 Å². The summed E-state index contributed by atoms with van der Waals surface area (Å²) in [6, 6.07) is 5.51. The van der Waals surface area contributed by atoms with Gasteiger partial charge in [0.25, 0.3) is 0 Å². The van der Waals surface area contributed by atoms with Crippen LogP contribution in [0.4, 0.5) is 0 Å². The van der Waals surface area contributed by atoms with Crippen molar-refractivity contribution in [2.45, 2.75) is 17.8 Å². The van der Waals surface area contributed by atoms with Crippen molar-refractivity contribution < 1.29 is 14.6 Å². The first-order valence-corrected chi connectivity index (χ1v) is 7.17. The zero-order valence-corrected chi connectivity index (χ0v) is 12.5. The molecule has 0 aliphatic heterocycles. The molecule has 0 spiro atoms. The fraction of sp³-hybridized carbons (Fsp3) is 0.214. The highest BCUT2D eigenvalue weighted by atomic mass is 32.2. The molecule has 0 saturated carbocycles. The monoisotopic (exact) mass is 305 g/mol. The van der Waals surface area contributed by atoms with Crippen molar-refractivity contribution in [3.05, 3.63) is 41.2 Å². The van der Waals surface area contributed by atoms with E-state index in [1.54, 1.807) is 19.3 Å². The van der Waals surface area contributed by atoms with Crippen molar-refractivity contribution in [2.24, 2.45) is 0 Å². The Balaban J connectivity index is 2.19. The van der Waals surface area contributed by atoms with E-state index < -0.39 is 5.97 Å². The lowest BCUT2D eigenvalue weighted by molar-refractivity contribution is -0.131. The average Bonchev–Trinajstić information content (AvgIpc) is 2.88. The fourth-order valence-corrected chi connectivity index (χ4v) is 2.53. The predicted octanol–water partition coefficient (Wildman–Crippen LogP) is 2.51. The van der Waals surface area contributed by atoms with Crippen LogP contribution in [0.1, 0.15) is 17.0 Å². The highest BCUT2D eigenvalue weighted by molar-refractivity contribution is 7.98. The van der Waals surface area contributed by atoms with E-state index in [-0.39, 0.29) is 0 Å². The summed E-state index contributed by atoms with van der Waals surface area (Å²) in [7, 11) is 1.59. The number of nitrogens with one attached hydrogen (secondary N) is 1. The number of carboxylic acids is 1. The Morgan fingerprint density at radius 2 is 2.33 bits per heavy atom. The van der Waals surface area contributed by atoms with E-state index in [0.29, 0.717) is 10.9 Å².